The molecule has 0 aliphatic heterocycles. The fourth-order valence-corrected chi connectivity index (χ4v) is 7.37. The van der Waals surface area contributed by atoms with Crippen LogP contribution in [0.25, 0.3) is 0 Å². The van der Waals surface area contributed by atoms with Gasteiger partial charge in [-0.3, -0.25) is 18.6 Å². The molecule has 0 rings (SSSR count). The third-order valence-electron chi connectivity index (χ3n) is 10.4. The normalized spacial score (nSPS) is 14.9. The second kappa shape index (κ2) is 45.5. The first-order valence-electron chi connectivity index (χ1n) is 24.9. The molecule has 370 valence electrons. The molecule has 0 aliphatic rings. The van der Waals surface area contributed by atoms with Crippen molar-refractivity contribution in [3.05, 3.63) is 72.9 Å². The predicted octanol–water partition coefficient (Wildman–Crippen LogP) is 12.8. The maximum Gasteiger partial charge on any atom is 0.472 e. The van der Waals surface area contributed by atoms with Crippen LogP contribution in [0.2, 0.25) is 0 Å². The van der Waals surface area contributed by atoms with Crippen molar-refractivity contribution in [2.24, 2.45) is 5.92 Å². The van der Waals surface area contributed by atoms with Gasteiger partial charge in [-0.25, -0.2) is 4.57 Å². The number of hydrogen-bond donors (Lipinski definition) is 4. The number of aliphatic hydroxyl groups excluding tert-OH is 3. The first-order valence-corrected chi connectivity index (χ1v) is 26.4. The van der Waals surface area contributed by atoms with E-state index in [1.807, 2.05) is 48.6 Å². The largest absolute Gasteiger partial charge is 0.472 e. The molecule has 64 heavy (non-hydrogen) atoms. The summed E-state index contributed by atoms with van der Waals surface area (Å²) >= 11 is 0. The number of phosphoric ester groups is 1. The molecular formula is C52H91O11P. The molecule has 2 unspecified atom stereocenters. The number of allylic oxidation sites excluding steroid dienone is 10. The first-order chi connectivity index (χ1) is 31.0. The Hall–Kier alpha value is -2.63. The summed E-state index contributed by atoms with van der Waals surface area (Å²) in [5.41, 5.74) is 0. The molecule has 0 amide bonds. The molecule has 0 fully saturated rings. The highest BCUT2D eigenvalue weighted by molar-refractivity contribution is 7.47. The number of hydrogen-bond acceptors (Lipinski definition) is 10. The molecule has 0 aromatic carbocycles. The summed E-state index contributed by atoms with van der Waals surface area (Å²) in [6.45, 7) is 4.45. The Morgan fingerprint density at radius 2 is 1.08 bits per heavy atom. The Morgan fingerprint density at radius 3 is 1.61 bits per heavy atom. The van der Waals surface area contributed by atoms with Crippen LogP contribution in [0.5, 0.6) is 0 Å². The molecule has 0 spiro atoms. The van der Waals surface area contributed by atoms with Gasteiger partial charge in [-0.05, 0) is 50.9 Å². The third-order valence-corrected chi connectivity index (χ3v) is 11.3. The number of rotatable bonds is 45. The van der Waals surface area contributed by atoms with Gasteiger partial charge in [-0.1, -0.05) is 209 Å². The number of ether oxygens (including phenoxy) is 2. The van der Waals surface area contributed by atoms with Crippen molar-refractivity contribution < 1.29 is 52.9 Å². The Balaban J connectivity index is 4.33. The quantitative estimate of drug-likeness (QED) is 0.0151. The molecular weight excluding hydrogens is 832 g/mol. The Morgan fingerprint density at radius 1 is 0.578 bits per heavy atom. The van der Waals surface area contributed by atoms with E-state index in [4.69, 9.17) is 23.6 Å². The average Bonchev–Trinajstić information content (AvgIpc) is 3.27. The summed E-state index contributed by atoms with van der Waals surface area (Å²) in [7, 11) is -4.65. The van der Waals surface area contributed by atoms with Crippen LogP contribution in [-0.2, 0) is 32.7 Å². The second-order valence-electron chi connectivity index (χ2n) is 17.1. The van der Waals surface area contributed by atoms with E-state index in [9.17, 15) is 29.3 Å². The minimum absolute atomic E-state index is 0.0989. The van der Waals surface area contributed by atoms with Crippen molar-refractivity contribution in [1.29, 1.82) is 0 Å². The summed E-state index contributed by atoms with van der Waals surface area (Å²) in [4.78, 5) is 35.1. The minimum Gasteiger partial charge on any atom is -0.462 e. The molecule has 0 saturated heterocycles. The molecule has 11 nitrogen and oxygen atoms in total. The zero-order valence-corrected chi connectivity index (χ0v) is 41.1. The summed E-state index contributed by atoms with van der Waals surface area (Å²) in [6, 6.07) is 0. The summed E-state index contributed by atoms with van der Waals surface area (Å²) in [6.07, 6.45) is 49.3. The standard InChI is InChI=1S/C52H91O11P/c1-4-5-33-39-48(54)40-35-30-26-22-18-14-12-16-19-23-27-31-36-41-51(56)60-45-50(46-62-64(58,59)61-44-49(55)43-53)63-52(57)42-37-32-28-24-20-15-11-9-7-6-8-10-13-17-21-25-29-34-38-47(2)3/h5,14,16,18-19,26-27,30-31,33,35,40,47-50,53-55H,4,6-13,15,17,20-25,28-29,32,34,36-39,41-46H2,1-3H3,(H,58,59)/b18-14-,19-16-,30-26+,31-27-,33-5-,40-35+/t48?,49-,50+/m0/s1. The van der Waals surface area contributed by atoms with Crippen molar-refractivity contribution in [3.8, 4) is 0 Å². The van der Waals surface area contributed by atoms with Crippen LogP contribution < -0.4 is 0 Å². The molecule has 0 aliphatic carbocycles. The van der Waals surface area contributed by atoms with Crippen LogP contribution in [0.1, 0.15) is 194 Å². The lowest BCUT2D eigenvalue weighted by atomic mass is 10.0. The second-order valence-corrected chi connectivity index (χ2v) is 18.6. The van der Waals surface area contributed by atoms with Gasteiger partial charge in [0.1, 0.15) is 12.7 Å². The van der Waals surface area contributed by atoms with Crippen LogP contribution in [-0.4, -0.2) is 76.9 Å². The fraction of sp³-hybridized carbons (Fsp3) is 0.731. The molecule has 0 radical (unpaired) electrons. The zero-order chi connectivity index (χ0) is 47.2. The lowest BCUT2D eigenvalue weighted by Gasteiger charge is -2.20. The maximum absolute atomic E-state index is 12.7. The van der Waals surface area contributed by atoms with Crippen molar-refractivity contribution in [3.63, 3.8) is 0 Å². The van der Waals surface area contributed by atoms with Crippen molar-refractivity contribution in [2.45, 2.75) is 212 Å². The molecule has 0 heterocycles. The van der Waals surface area contributed by atoms with E-state index < -0.39 is 57.9 Å². The van der Waals surface area contributed by atoms with Crippen molar-refractivity contribution in [2.75, 3.05) is 26.4 Å². The van der Waals surface area contributed by atoms with Gasteiger partial charge in [0.15, 0.2) is 6.10 Å². The number of unbranched alkanes of at least 4 members (excludes halogenated alkanes) is 17. The Kier molecular flexibility index (Phi) is 43.7. The van der Waals surface area contributed by atoms with Gasteiger partial charge < -0.3 is 29.7 Å². The van der Waals surface area contributed by atoms with E-state index in [0.29, 0.717) is 19.3 Å². The van der Waals surface area contributed by atoms with Crippen molar-refractivity contribution >= 4 is 19.8 Å². The van der Waals surface area contributed by atoms with Gasteiger partial charge in [0.05, 0.1) is 25.9 Å². The molecule has 0 bridgehead atoms. The fourth-order valence-electron chi connectivity index (χ4n) is 6.58. The lowest BCUT2D eigenvalue weighted by Crippen LogP contribution is -2.29. The van der Waals surface area contributed by atoms with E-state index in [1.54, 1.807) is 6.08 Å². The monoisotopic (exact) mass is 923 g/mol. The van der Waals surface area contributed by atoms with Crippen LogP contribution in [0, 0.1) is 5.92 Å². The summed E-state index contributed by atoms with van der Waals surface area (Å²) in [5, 5.41) is 28.2. The lowest BCUT2D eigenvalue weighted by molar-refractivity contribution is -0.161. The van der Waals surface area contributed by atoms with E-state index in [2.05, 4.69) is 39.0 Å². The highest BCUT2D eigenvalue weighted by Crippen LogP contribution is 2.43. The van der Waals surface area contributed by atoms with Crippen LogP contribution >= 0.6 is 7.82 Å². The number of carbonyl (C=O) groups is 2. The molecule has 12 heteroatoms. The molecule has 4 N–H and O–H groups in total. The van der Waals surface area contributed by atoms with E-state index in [0.717, 1.165) is 50.9 Å². The molecule has 0 saturated carbocycles. The van der Waals surface area contributed by atoms with Crippen LogP contribution in [0.15, 0.2) is 72.9 Å². The number of phosphoric acid groups is 1. The van der Waals surface area contributed by atoms with Gasteiger partial charge in [-0.15, -0.1) is 0 Å². The van der Waals surface area contributed by atoms with Crippen molar-refractivity contribution in [1.82, 2.24) is 0 Å². The average molecular weight is 923 g/mol. The van der Waals surface area contributed by atoms with E-state index >= 15 is 0 Å². The molecule has 0 aromatic heterocycles. The number of aliphatic hydroxyl groups is 3. The van der Waals surface area contributed by atoms with Gasteiger partial charge >= 0.3 is 19.8 Å². The Labute approximate surface area is 389 Å². The van der Waals surface area contributed by atoms with Crippen LogP contribution in [0.4, 0.5) is 0 Å². The van der Waals surface area contributed by atoms with Gasteiger partial charge in [0, 0.05) is 12.8 Å². The highest BCUT2D eigenvalue weighted by atomic mass is 31.2. The number of carbonyl (C=O) groups excluding carboxylic acids is 2. The summed E-state index contributed by atoms with van der Waals surface area (Å²) < 4.78 is 32.7. The topological polar surface area (TPSA) is 169 Å². The SMILES string of the molecule is CC/C=C\CC(O)/C=C/C=C/C/C=C\C/C=C\C/C=C\CCC(=O)OC[C@H](COP(=O)(O)OC[C@@H](O)CO)OC(=O)CCCCCCCCCCCCCCCCCCCCC(C)C. The predicted molar refractivity (Wildman–Crippen MR) is 262 cm³/mol. The van der Waals surface area contributed by atoms with E-state index in [1.165, 1.54) is 96.3 Å². The maximum atomic E-state index is 12.7. The van der Waals surface area contributed by atoms with Crippen LogP contribution in [0.3, 0.4) is 0 Å². The van der Waals surface area contributed by atoms with Gasteiger partial charge in [0.2, 0.25) is 0 Å². The highest BCUT2D eigenvalue weighted by Gasteiger charge is 2.27. The summed E-state index contributed by atoms with van der Waals surface area (Å²) in [5.74, 6) is -0.206. The minimum atomic E-state index is -4.65. The smallest absolute Gasteiger partial charge is 0.462 e. The number of esters is 2. The molecule has 0 aromatic rings. The van der Waals surface area contributed by atoms with Gasteiger partial charge in [-0.2, -0.15) is 0 Å². The Bertz CT molecular complexity index is 1320. The zero-order valence-electron chi connectivity index (χ0n) is 40.3. The van der Waals surface area contributed by atoms with E-state index in [-0.39, 0.29) is 19.4 Å². The first kappa shape index (κ1) is 61.4. The molecule has 4 atom stereocenters. The third kappa shape index (κ3) is 45.9. The van der Waals surface area contributed by atoms with Gasteiger partial charge in [0.25, 0.3) is 0 Å².